The number of nitro groups is 1. The second-order valence-corrected chi connectivity index (χ2v) is 5.37. The van der Waals surface area contributed by atoms with E-state index in [1.54, 1.807) is 0 Å². The van der Waals surface area contributed by atoms with Crippen molar-refractivity contribution in [1.82, 2.24) is 15.3 Å². The molecule has 0 radical (unpaired) electrons. The summed E-state index contributed by atoms with van der Waals surface area (Å²) in [7, 11) is 0. The Morgan fingerprint density at radius 3 is 2.95 bits per heavy atom. The van der Waals surface area contributed by atoms with Crippen LogP contribution >= 0.6 is 0 Å². The summed E-state index contributed by atoms with van der Waals surface area (Å²) >= 11 is 0. The SMILES string of the molecule is C[C@H]1CCCC[C@H]1NC(=O)COc1nc[nH]c(=O)c1[N+](=O)[O-]. The van der Waals surface area contributed by atoms with Crippen LogP contribution in [-0.4, -0.2) is 33.4 Å². The molecule has 0 saturated heterocycles. The van der Waals surface area contributed by atoms with Gasteiger partial charge in [-0.05, 0) is 18.8 Å². The molecule has 0 bridgehead atoms. The van der Waals surface area contributed by atoms with E-state index in [4.69, 9.17) is 4.74 Å². The third kappa shape index (κ3) is 3.80. The predicted octanol–water partition coefficient (Wildman–Crippen LogP) is 0.752. The maximum absolute atomic E-state index is 11.9. The van der Waals surface area contributed by atoms with E-state index in [0.29, 0.717) is 5.92 Å². The highest BCUT2D eigenvalue weighted by molar-refractivity contribution is 5.77. The van der Waals surface area contributed by atoms with E-state index in [1.165, 1.54) is 0 Å². The fourth-order valence-electron chi connectivity index (χ4n) is 2.56. The molecule has 1 aromatic heterocycles. The minimum atomic E-state index is -0.920. The summed E-state index contributed by atoms with van der Waals surface area (Å²) in [6, 6.07) is 0.0898. The van der Waals surface area contributed by atoms with Gasteiger partial charge in [0.25, 0.3) is 5.91 Å². The highest BCUT2D eigenvalue weighted by Gasteiger charge is 2.25. The van der Waals surface area contributed by atoms with Gasteiger partial charge in [0.1, 0.15) is 0 Å². The Kier molecular flexibility index (Phi) is 5.08. The Bertz CT molecular complexity index is 615. The Hall–Kier alpha value is -2.45. The number of nitrogens with one attached hydrogen (secondary N) is 2. The minimum Gasteiger partial charge on any atom is -0.463 e. The topological polar surface area (TPSA) is 127 Å². The number of carbonyl (C=O) groups is 1. The highest BCUT2D eigenvalue weighted by Crippen LogP contribution is 2.23. The number of hydrogen-bond acceptors (Lipinski definition) is 6. The van der Waals surface area contributed by atoms with Crippen LogP contribution in [0, 0.1) is 16.0 Å². The van der Waals surface area contributed by atoms with Crippen LogP contribution in [0.3, 0.4) is 0 Å². The molecule has 2 atom stereocenters. The number of carbonyl (C=O) groups excluding carboxylic acids is 1. The van der Waals surface area contributed by atoms with Gasteiger partial charge in [-0.1, -0.05) is 19.8 Å². The first-order valence-electron chi connectivity index (χ1n) is 7.13. The summed E-state index contributed by atoms with van der Waals surface area (Å²) in [5, 5.41) is 13.7. The molecular weight excluding hydrogens is 292 g/mol. The Balaban J connectivity index is 1.95. The zero-order chi connectivity index (χ0) is 16.1. The first-order valence-corrected chi connectivity index (χ1v) is 7.13. The third-order valence-electron chi connectivity index (χ3n) is 3.78. The van der Waals surface area contributed by atoms with Crippen molar-refractivity contribution in [3.05, 3.63) is 26.8 Å². The van der Waals surface area contributed by atoms with Crippen LogP contribution in [0.5, 0.6) is 5.88 Å². The van der Waals surface area contributed by atoms with E-state index in [9.17, 15) is 19.7 Å². The standard InChI is InChI=1S/C13H18N4O5/c1-8-4-2-3-5-9(8)16-10(18)6-22-13-11(17(20)21)12(19)14-7-15-13/h7-9H,2-6H2,1H3,(H,16,18)(H,14,15,19)/t8-,9+/m0/s1. The van der Waals surface area contributed by atoms with Crippen molar-refractivity contribution in [2.45, 2.75) is 38.6 Å². The number of H-pyrrole nitrogens is 1. The number of hydrogen-bond donors (Lipinski definition) is 2. The van der Waals surface area contributed by atoms with Gasteiger partial charge in [-0.25, -0.2) is 0 Å². The van der Waals surface area contributed by atoms with Crippen molar-refractivity contribution >= 4 is 11.6 Å². The molecule has 9 nitrogen and oxygen atoms in total. The molecule has 1 saturated carbocycles. The average Bonchev–Trinajstić information content (AvgIpc) is 2.47. The lowest BCUT2D eigenvalue weighted by Gasteiger charge is -2.29. The molecule has 1 aromatic rings. The molecule has 2 rings (SSSR count). The van der Waals surface area contributed by atoms with Crippen molar-refractivity contribution in [3.8, 4) is 5.88 Å². The molecule has 0 unspecified atom stereocenters. The zero-order valence-corrected chi connectivity index (χ0v) is 12.2. The van der Waals surface area contributed by atoms with Gasteiger partial charge in [-0.15, -0.1) is 0 Å². The van der Waals surface area contributed by atoms with Gasteiger partial charge in [-0.2, -0.15) is 4.98 Å². The summed E-state index contributed by atoms with van der Waals surface area (Å²) in [5.74, 6) is -0.444. The monoisotopic (exact) mass is 310 g/mol. The molecule has 2 N–H and O–H groups in total. The van der Waals surface area contributed by atoms with Gasteiger partial charge in [0.2, 0.25) is 0 Å². The van der Waals surface area contributed by atoms with Crippen molar-refractivity contribution in [2.24, 2.45) is 5.92 Å². The van der Waals surface area contributed by atoms with Gasteiger partial charge in [-0.3, -0.25) is 19.7 Å². The smallest absolute Gasteiger partial charge is 0.395 e. The average molecular weight is 310 g/mol. The fraction of sp³-hybridized carbons (Fsp3) is 0.615. The van der Waals surface area contributed by atoms with Crippen LogP contribution in [0.25, 0.3) is 0 Å². The van der Waals surface area contributed by atoms with Gasteiger partial charge >= 0.3 is 17.1 Å². The lowest BCUT2D eigenvalue weighted by Crippen LogP contribution is -2.43. The quantitative estimate of drug-likeness (QED) is 0.610. The van der Waals surface area contributed by atoms with Crippen LogP contribution in [0.2, 0.25) is 0 Å². The van der Waals surface area contributed by atoms with Crippen molar-refractivity contribution in [2.75, 3.05) is 6.61 Å². The largest absolute Gasteiger partial charge is 0.463 e. The lowest BCUT2D eigenvalue weighted by atomic mass is 9.86. The second-order valence-electron chi connectivity index (χ2n) is 5.37. The van der Waals surface area contributed by atoms with Crippen molar-refractivity contribution in [1.29, 1.82) is 0 Å². The van der Waals surface area contributed by atoms with E-state index in [2.05, 4.69) is 22.2 Å². The molecule has 1 aliphatic rings. The normalized spacial score (nSPS) is 21.1. The number of ether oxygens (including phenoxy) is 1. The molecule has 1 heterocycles. The molecule has 22 heavy (non-hydrogen) atoms. The molecule has 1 amide bonds. The maximum Gasteiger partial charge on any atom is 0.395 e. The highest BCUT2D eigenvalue weighted by atomic mass is 16.6. The van der Waals surface area contributed by atoms with Gasteiger partial charge < -0.3 is 15.0 Å². The van der Waals surface area contributed by atoms with Gasteiger partial charge in [0, 0.05) is 6.04 Å². The second kappa shape index (κ2) is 7.01. The lowest BCUT2D eigenvalue weighted by molar-refractivity contribution is -0.387. The van der Waals surface area contributed by atoms with Gasteiger partial charge in [0.15, 0.2) is 6.61 Å². The Morgan fingerprint density at radius 1 is 1.55 bits per heavy atom. The van der Waals surface area contributed by atoms with Gasteiger partial charge in [0.05, 0.1) is 11.3 Å². The van der Waals surface area contributed by atoms with E-state index in [-0.39, 0.29) is 11.9 Å². The molecule has 1 aliphatic carbocycles. The summed E-state index contributed by atoms with van der Waals surface area (Å²) < 4.78 is 5.03. The van der Waals surface area contributed by atoms with Crippen molar-refractivity contribution in [3.63, 3.8) is 0 Å². The maximum atomic E-state index is 11.9. The summed E-state index contributed by atoms with van der Waals surface area (Å²) in [6.07, 6.45) is 5.19. The molecule has 1 fully saturated rings. The molecule has 120 valence electrons. The number of amides is 1. The Labute approximate surface area is 126 Å². The fourth-order valence-corrected chi connectivity index (χ4v) is 2.56. The summed E-state index contributed by atoms with van der Waals surface area (Å²) in [6.45, 7) is 1.66. The minimum absolute atomic E-state index is 0.0898. The number of aromatic nitrogens is 2. The van der Waals surface area contributed by atoms with Crippen LogP contribution in [0.15, 0.2) is 11.1 Å². The van der Waals surface area contributed by atoms with E-state index in [0.717, 1.165) is 32.0 Å². The van der Waals surface area contributed by atoms with Crippen LogP contribution in [0.4, 0.5) is 5.69 Å². The van der Waals surface area contributed by atoms with Crippen LogP contribution in [-0.2, 0) is 4.79 Å². The first kappa shape index (κ1) is 15.9. The molecular formula is C13H18N4O5. The van der Waals surface area contributed by atoms with Crippen LogP contribution in [0.1, 0.15) is 32.6 Å². The van der Waals surface area contributed by atoms with E-state index >= 15 is 0 Å². The molecule has 9 heteroatoms. The first-order chi connectivity index (χ1) is 10.5. The number of aromatic amines is 1. The predicted molar refractivity (Wildman–Crippen MR) is 76.6 cm³/mol. The number of nitrogens with zero attached hydrogens (tertiary/aromatic N) is 2. The molecule has 0 spiro atoms. The van der Waals surface area contributed by atoms with E-state index < -0.39 is 28.7 Å². The summed E-state index contributed by atoms with van der Waals surface area (Å²) in [5.41, 5.74) is -1.72. The van der Waals surface area contributed by atoms with Crippen LogP contribution < -0.4 is 15.6 Å². The third-order valence-corrected chi connectivity index (χ3v) is 3.78. The van der Waals surface area contributed by atoms with E-state index in [1.807, 2.05) is 0 Å². The molecule has 0 aromatic carbocycles. The zero-order valence-electron chi connectivity index (χ0n) is 12.2. The Morgan fingerprint density at radius 2 is 2.27 bits per heavy atom. The summed E-state index contributed by atoms with van der Waals surface area (Å²) in [4.78, 5) is 38.9. The molecule has 0 aliphatic heterocycles. The van der Waals surface area contributed by atoms with Crippen molar-refractivity contribution < 1.29 is 14.5 Å². The number of rotatable bonds is 5.